The maximum absolute atomic E-state index is 13.1. The van der Waals surface area contributed by atoms with Crippen molar-refractivity contribution >= 4 is 84.1 Å². The van der Waals surface area contributed by atoms with Gasteiger partial charge in [-0.25, -0.2) is 53.1 Å². The fourth-order valence-electron chi connectivity index (χ4n) is 14.3. The van der Waals surface area contributed by atoms with E-state index in [0.717, 1.165) is 49.1 Å². The van der Waals surface area contributed by atoms with Crippen molar-refractivity contribution in [3.05, 3.63) is 43.7 Å². The number of aromatic nitrogens is 4. The van der Waals surface area contributed by atoms with Crippen LogP contribution in [0.2, 0.25) is 0 Å². The smallest absolute Gasteiger partial charge is 0.408 e. The Kier molecular flexibility index (Phi) is 30.9. The molecule has 5 rings (SSSR count). The molecule has 2 aromatic heterocycles. The van der Waals surface area contributed by atoms with E-state index < -0.39 is 144 Å². The zero-order chi connectivity index (χ0) is 76.7. The highest BCUT2D eigenvalue weighted by Crippen LogP contribution is 2.48. The van der Waals surface area contributed by atoms with Crippen LogP contribution in [-0.2, 0) is 82.6 Å². The largest absolute Gasteiger partial charge is 0.469 e. The highest BCUT2D eigenvalue weighted by Gasteiger charge is 2.46. The lowest BCUT2D eigenvalue weighted by atomic mass is 9.62. The normalized spacial score (nSPS) is 22.2. The number of carbonyl (C=O) groups excluding carboxylic acids is 12. The zero-order valence-electron chi connectivity index (χ0n) is 61.3. The van der Waals surface area contributed by atoms with Crippen molar-refractivity contribution in [2.24, 2.45) is 32.5 Å². The molecular weight excluding hydrogens is 1340 g/mol. The molecule has 3 aliphatic carbocycles. The maximum atomic E-state index is 13.1. The van der Waals surface area contributed by atoms with Crippen LogP contribution >= 0.6 is 0 Å². The number of H-pyrrole nitrogens is 2. The Morgan fingerprint density at radius 3 is 1.14 bits per heavy atom. The highest BCUT2D eigenvalue weighted by atomic mass is 16.6. The number of nitrogens with one attached hydrogen (secondary N) is 10. The van der Waals surface area contributed by atoms with Crippen molar-refractivity contribution in [3.63, 3.8) is 0 Å². The molecule has 0 aliphatic heterocycles. The summed E-state index contributed by atoms with van der Waals surface area (Å²) in [4.78, 5) is 186. The number of aromatic amines is 2. The van der Waals surface area contributed by atoms with Crippen molar-refractivity contribution in [3.8, 4) is 0 Å². The molecule has 3 fully saturated rings. The molecule has 0 saturated heterocycles. The van der Waals surface area contributed by atoms with Gasteiger partial charge in [-0.2, -0.15) is 0 Å². The predicted molar refractivity (Wildman–Crippen MR) is 361 cm³/mol. The quantitative estimate of drug-likeness (QED) is 0.0441. The fourth-order valence-corrected chi connectivity index (χ4v) is 14.3. The lowest BCUT2D eigenvalue weighted by Gasteiger charge is -2.46. The molecule has 0 aromatic carbocycles. The monoisotopic (exact) mass is 1450 g/mol. The summed E-state index contributed by atoms with van der Waals surface area (Å²) < 4.78 is 48.6. The van der Waals surface area contributed by atoms with E-state index in [4.69, 9.17) is 18.9 Å². The van der Waals surface area contributed by atoms with Crippen LogP contribution in [0.5, 0.6) is 0 Å². The number of alkyl carbamates (subject to hydrolysis) is 4. The van der Waals surface area contributed by atoms with Gasteiger partial charge in [-0.3, -0.25) is 44.6 Å². The van der Waals surface area contributed by atoms with Gasteiger partial charge in [0, 0.05) is 61.5 Å². The second kappa shape index (κ2) is 37.2. The number of ether oxygens (including phenoxy) is 10. The molecule has 3 saturated carbocycles. The number of carbonyl (C=O) groups is 12. The average molecular weight is 1450 g/mol. The lowest BCUT2D eigenvalue weighted by molar-refractivity contribution is -0.157. The zero-order valence-corrected chi connectivity index (χ0v) is 61.3. The molecule has 0 radical (unpaired) electrons. The van der Waals surface area contributed by atoms with Crippen LogP contribution in [0, 0.1) is 46.3 Å². The van der Waals surface area contributed by atoms with Gasteiger partial charge in [0.1, 0.15) is 0 Å². The van der Waals surface area contributed by atoms with Crippen LogP contribution in [0.4, 0.5) is 40.7 Å². The van der Waals surface area contributed by atoms with Crippen molar-refractivity contribution in [2.45, 2.75) is 196 Å². The van der Waals surface area contributed by atoms with Crippen LogP contribution in [0.1, 0.15) is 156 Å². The molecule has 36 heteroatoms. The SMILES string of the molecule is COC(=O)CC(OC(=O)NC1CC(C)(C)CC(C)(CNC(=O)Nc2nc(C)c(CCOC(=O)NCC3(C)CC(NC(=O)OC(CC(=O)OC)C(=O)OC)CC(C)(C)C3)c(=O)[nH]2)C1)C(=O)OC.COC(=O)CC(OC(=O)NC1CC(C)(C)CC(C)(CNC(=O)Nc2nc(C)cc(=O)[nH]2)C1)C(=O)OC. The van der Waals surface area contributed by atoms with E-state index in [2.05, 4.69) is 105 Å². The van der Waals surface area contributed by atoms with Gasteiger partial charge in [0.25, 0.3) is 11.1 Å². The van der Waals surface area contributed by atoms with E-state index in [1.807, 2.05) is 48.5 Å². The summed E-state index contributed by atoms with van der Waals surface area (Å²) >= 11 is 0. The van der Waals surface area contributed by atoms with Gasteiger partial charge in [0.05, 0.1) is 74.2 Å². The summed E-state index contributed by atoms with van der Waals surface area (Å²) in [6.45, 7) is 21.9. The Balaban J connectivity index is 0.000000514. The van der Waals surface area contributed by atoms with Gasteiger partial charge in [-0.15, -0.1) is 0 Å². The number of urea groups is 2. The fraction of sp³-hybridized carbons (Fsp3) is 0.697. The van der Waals surface area contributed by atoms with E-state index in [-0.39, 0.29) is 71.4 Å². The number of nitrogens with zero attached hydrogens (tertiary/aromatic N) is 2. The third kappa shape index (κ3) is 28.7. The molecule has 2 heterocycles. The van der Waals surface area contributed by atoms with Crippen LogP contribution < -0.4 is 53.7 Å². The minimum absolute atomic E-state index is 0.0283. The van der Waals surface area contributed by atoms with Crippen molar-refractivity contribution in [1.29, 1.82) is 0 Å². The van der Waals surface area contributed by atoms with Crippen molar-refractivity contribution < 1.29 is 105 Å². The number of esters is 6. The first-order valence-corrected chi connectivity index (χ1v) is 33.0. The van der Waals surface area contributed by atoms with Crippen molar-refractivity contribution in [2.75, 3.05) is 79.5 Å². The van der Waals surface area contributed by atoms with Crippen LogP contribution in [0.3, 0.4) is 0 Å². The lowest BCUT2D eigenvalue weighted by Crippen LogP contribution is -2.51. The molecule has 10 N–H and O–H groups in total. The molecule has 2 aromatic rings. The first-order valence-electron chi connectivity index (χ1n) is 33.0. The van der Waals surface area contributed by atoms with Gasteiger partial charge in [0.2, 0.25) is 30.2 Å². The van der Waals surface area contributed by atoms with Crippen LogP contribution in [0.15, 0.2) is 15.7 Å². The standard InChI is InChI=1S/C43H67N7O16.C23H35N5O8/c1-24-27(12-13-64-37(57)45-23-43(7)19-26(17-41(4,5)21-43)48-39(59)66-29(34(55)63-11)15-31(52)61-9)32(53)49-35(46-24)50-36(56)44-22-42(6)18-25(16-40(2,3)20-42)47-38(58)65-28(33(54)62-10)14-30(51)60-8;1-13-7-16(29)27-19(25-13)28-20(32)24-12-23(4)10-14(9-22(2,3)11-23)26-21(33)36-15(18(31)35-6)8-17(30)34-5/h25-26,28-29H,12-23H2,1-11H3,(H,45,57)(H,47,58)(H,48,59)(H3,44,46,49,50,53,56);7,14-15H,8-12H2,1-6H3,(H,26,33)(H3,24,25,27,28,29,32). The third-order valence-electron chi connectivity index (χ3n) is 17.3. The second-order valence-corrected chi connectivity index (χ2v) is 29.4. The molecule has 8 amide bonds. The van der Waals surface area contributed by atoms with Gasteiger partial charge in [-0.1, -0.05) is 62.3 Å². The molecular formula is C66H102N12O24. The Morgan fingerprint density at radius 2 is 0.814 bits per heavy atom. The molecule has 9 unspecified atom stereocenters. The maximum Gasteiger partial charge on any atom is 0.408 e. The summed E-state index contributed by atoms with van der Waals surface area (Å²) in [5.74, 6) is -4.99. The first kappa shape index (κ1) is 84.6. The summed E-state index contributed by atoms with van der Waals surface area (Å²) in [7, 11) is 6.77. The topological polar surface area (TPSA) is 485 Å². The molecule has 0 bridgehead atoms. The van der Waals surface area contributed by atoms with Crippen LogP contribution in [-0.4, -0.2) is 198 Å². The third-order valence-corrected chi connectivity index (χ3v) is 17.3. The number of methoxy groups -OCH3 is 6. The van der Waals surface area contributed by atoms with Gasteiger partial charge in [-0.05, 0) is 104 Å². The molecule has 0 spiro atoms. The second-order valence-electron chi connectivity index (χ2n) is 29.4. The number of amides is 8. The Hall–Kier alpha value is -9.80. The number of aryl methyl sites for hydroxylation is 2. The van der Waals surface area contributed by atoms with E-state index in [0.29, 0.717) is 69.3 Å². The minimum atomic E-state index is -1.49. The van der Waals surface area contributed by atoms with Gasteiger partial charge < -0.3 is 79.3 Å². The summed E-state index contributed by atoms with van der Waals surface area (Å²) in [6, 6.07) is -0.968. The highest BCUT2D eigenvalue weighted by molar-refractivity contribution is 5.88. The van der Waals surface area contributed by atoms with E-state index >= 15 is 0 Å². The number of rotatable bonds is 26. The van der Waals surface area contributed by atoms with Crippen LogP contribution in [0.25, 0.3) is 0 Å². The summed E-state index contributed by atoms with van der Waals surface area (Å²) in [5.41, 5.74) is -2.01. The number of anilines is 2. The first-order chi connectivity index (χ1) is 47.5. The average Bonchev–Trinajstić information content (AvgIpc) is 0.810. The molecule has 102 heavy (non-hydrogen) atoms. The minimum Gasteiger partial charge on any atom is -0.469 e. The predicted octanol–water partition coefficient (Wildman–Crippen LogP) is 4.92. The summed E-state index contributed by atoms with van der Waals surface area (Å²) in [5, 5.41) is 21.8. The Labute approximate surface area is 590 Å². The van der Waals surface area contributed by atoms with E-state index in [1.54, 1.807) is 13.8 Å². The molecule has 3 aliphatic rings. The van der Waals surface area contributed by atoms with Crippen molar-refractivity contribution in [1.82, 2.24) is 51.8 Å². The molecule has 36 nitrogen and oxygen atoms in total. The number of hydrogen-bond acceptors (Lipinski definition) is 26. The number of hydrogen-bond donors (Lipinski definition) is 10. The summed E-state index contributed by atoms with van der Waals surface area (Å²) in [6.07, 6.45) is -3.97. The molecule has 9 atom stereocenters. The van der Waals surface area contributed by atoms with E-state index in [9.17, 15) is 67.1 Å². The van der Waals surface area contributed by atoms with Gasteiger partial charge >= 0.3 is 72.3 Å². The molecule has 570 valence electrons. The Bertz CT molecular complexity index is 3470. The Morgan fingerprint density at radius 1 is 0.471 bits per heavy atom. The van der Waals surface area contributed by atoms with E-state index in [1.165, 1.54) is 6.07 Å². The van der Waals surface area contributed by atoms with Gasteiger partial charge in [0.15, 0.2) is 0 Å².